The quantitative estimate of drug-likeness (QED) is 0.744. The lowest BCUT2D eigenvalue weighted by molar-refractivity contribution is -0.117. The van der Waals surface area contributed by atoms with Crippen LogP contribution in [0.25, 0.3) is 0 Å². The first-order chi connectivity index (χ1) is 10.2. The number of carbonyl (C=O) groups is 1. The fraction of sp³-hybridized carbons (Fsp3) is 0.562. The molecular weight excluding hydrogens is 266 g/mol. The first-order valence-corrected chi connectivity index (χ1v) is 7.69. The van der Waals surface area contributed by atoms with E-state index >= 15 is 0 Å². The number of anilines is 1. The van der Waals surface area contributed by atoms with E-state index in [1.165, 1.54) is 5.56 Å². The summed E-state index contributed by atoms with van der Waals surface area (Å²) in [7, 11) is 0. The van der Waals surface area contributed by atoms with Gasteiger partial charge in [-0.25, -0.2) is 0 Å². The number of carbonyl (C=O) groups excluding carboxylic acids is 1. The van der Waals surface area contributed by atoms with Crippen LogP contribution < -0.4 is 15.5 Å². The van der Waals surface area contributed by atoms with Crippen LogP contribution in [0.3, 0.4) is 0 Å². The summed E-state index contributed by atoms with van der Waals surface area (Å²) < 4.78 is 0. The van der Waals surface area contributed by atoms with Crippen molar-refractivity contribution in [2.45, 2.75) is 31.4 Å². The maximum atomic E-state index is 11.7. The van der Waals surface area contributed by atoms with Crippen LogP contribution in [-0.2, 0) is 11.3 Å². The second-order valence-electron chi connectivity index (χ2n) is 6.07. The van der Waals surface area contributed by atoms with E-state index in [2.05, 4.69) is 10.6 Å². The summed E-state index contributed by atoms with van der Waals surface area (Å²) in [6.45, 7) is 3.71. The number of hydrogen-bond acceptors (Lipinski definition) is 4. The monoisotopic (exact) mass is 289 g/mol. The van der Waals surface area contributed by atoms with Gasteiger partial charge >= 0.3 is 0 Å². The van der Waals surface area contributed by atoms with Crippen molar-refractivity contribution in [3.8, 4) is 0 Å². The summed E-state index contributed by atoms with van der Waals surface area (Å²) >= 11 is 0. The van der Waals surface area contributed by atoms with Gasteiger partial charge < -0.3 is 20.6 Å². The van der Waals surface area contributed by atoms with E-state index in [0.717, 1.165) is 38.2 Å². The van der Waals surface area contributed by atoms with E-state index in [0.29, 0.717) is 19.5 Å². The SMILES string of the molecule is O=C1CCCN1c1ccc(CNCC2(O)CCNC2)cc1. The summed E-state index contributed by atoms with van der Waals surface area (Å²) in [6, 6.07) is 8.11. The maximum Gasteiger partial charge on any atom is 0.227 e. The molecule has 5 heteroatoms. The number of hydrogen-bond donors (Lipinski definition) is 3. The molecule has 0 aliphatic carbocycles. The average Bonchev–Trinajstić information content (AvgIpc) is 3.09. The van der Waals surface area contributed by atoms with Crippen molar-refractivity contribution in [3.63, 3.8) is 0 Å². The molecule has 3 rings (SSSR count). The van der Waals surface area contributed by atoms with E-state index < -0.39 is 5.60 Å². The van der Waals surface area contributed by atoms with Gasteiger partial charge in [-0.1, -0.05) is 12.1 Å². The van der Waals surface area contributed by atoms with Gasteiger partial charge in [0.1, 0.15) is 0 Å². The summed E-state index contributed by atoms with van der Waals surface area (Å²) in [6.07, 6.45) is 2.42. The summed E-state index contributed by atoms with van der Waals surface area (Å²) in [4.78, 5) is 13.5. The Bertz CT molecular complexity index is 495. The topological polar surface area (TPSA) is 64.6 Å². The predicted octanol–water partition coefficient (Wildman–Crippen LogP) is 0.627. The Morgan fingerprint density at radius 1 is 1.33 bits per heavy atom. The van der Waals surface area contributed by atoms with Crippen molar-refractivity contribution in [3.05, 3.63) is 29.8 Å². The molecule has 0 spiro atoms. The zero-order valence-corrected chi connectivity index (χ0v) is 12.3. The molecule has 0 bridgehead atoms. The lowest BCUT2D eigenvalue weighted by Crippen LogP contribution is -2.42. The Hall–Kier alpha value is -1.43. The molecule has 0 aromatic heterocycles. The Kier molecular flexibility index (Phi) is 4.24. The summed E-state index contributed by atoms with van der Waals surface area (Å²) in [5, 5.41) is 16.7. The molecule has 1 unspecified atom stereocenters. The van der Waals surface area contributed by atoms with E-state index in [4.69, 9.17) is 0 Å². The average molecular weight is 289 g/mol. The second-order valence-corrected chi connectivity index (χ2v) is 6.07. The molecule has 1 atom stereocenters. The van der Waals surface area contributed by atoms with Crippen LogP contribution in [0.5, 0.6) is 0 Å². The van der Waals surface area contributed by atoms with Crippen LogP contribution in [0.2, 0.25) is 0 Å². The summed E-state index contributed by atoms with van der Waals surface area (Å²) in [5.74, 6) is 0.219. The number of rotatable bonds is 5. The molecule has 1 aromatic rings. The lowest BCUT2D eigenvalue weighted by atomic mass is 10.0. The highest BCUT2D eigenvalue weighted by Gasteiger charge is 2.30. The van der Waals surface area contributed by atoms with Crippen LogP contribution in [0.15, 0.2) is 24.3 Å². The first-order valence-electron chi connectivity index (χ1n) is 7.69. The number of amides is 1. The van der Waals surface area contributed by atoms with Gasteiger partial charge in [0.25, 0.3) is 0 Å². The minimum Gasteiger partial charge on any atom is -0.387 e. The molecule has 0 saturated carbocycles. The number of β-amino-alcohol motifs (C(OH)–C–C–N with tert-alkyl or cyclic N) is 1. The van der Waals surface area contributed by atoms with Crippen LogP contribution >= 0.6 is 0 Å². The van der Waals surface area contributed by atoms with Gasteiger partial charge in [0.05, 0.1) is 5.60 Å². The van der Waals surface area contributed by atoms with Crippen LogP contribution in [0, 0.1) is 0 Å². The smallest absolute Gasteiger partial charge is 0.227 e. The Balaban J connectivity index is 1.51. The van der Waals surface area contributed by atoms with Crippen molar-refractivity contribution in [2.24, 2.45) is 0 Å². The highest BCUT2D eigenvalue weighted by atomic mass is 16.3. The zero-order valence-electron chi connectivity index (χ0n) is 12.3. The molecule has 3 N–H and O–H groups in total. The second kappa shape index (κ2) is 6.13. The first kappa shape index (κ1) is 14.5. The largest absolute Gasteiger partial charge is 0.387 e. The van der Waals surface area contributed by atoms with Gasteiger partial charge in [0.15, 0.2) is 0 Å². The highest BCUT2D eigenvalue weighted by molar-refractivity contribution is 5.95. The number of benzene rings is 1. The van der Waals surface area contributed by atoms with Gasteiger partial charge in [-0.05, 0) is 37.1 Å². The molecule has 21 heavy (non-hydrogen) atoms. The third-order valence-corrected chi connectivity index (χ3v) is 4.33. The van der Waals surface area contributed by atoms with Gasteiger partial charge in [0.2, 0.25) is 5.91 Å². The van der Waals surface area contributed by atoms with Crippen molar-refractivity contribution in [1.82, 2.24) is 10.6 Å². The van der Waals surface area contributed by atoms with Crippen molar-refractivity contribution in [1.29, 1.82) is 0 Å². The minimum absolute atomic E-state index is 0.219. The van der Waals surface area contributed by atoms with Gasteiger partial charge in [0, 0.05) is 38.3 Å². The zero-order chi connectivity index (χ0) is 14.7. The molecular formula is C16H23N3O2. The van der Waals surface area contributed by atoms with Crippen LogP contribution in [0.4, 0.5) is 5.69 Å². The van der Waals surface area contributed by atoms with E-state index in [-0.39, 0.29) is 5.91 Å². The third-order valence-electron chi connectivity index (χ3n) is 4.33. The molecule has 1 amide bonds. The van der Waals surface area contributed by atoms with Gasteiger partial charge in [-0.15, -0.1) is 0 Å². The molecule has 1 aromatic carbocycles. The Morgan fingerprint density at radius 3 is 2.76 bits per heavy atom. The fourth-order valence-corrected chi connectivity index (χ4v) is 3.04. The lowest BCUT2D eigenvalue weighted by Gasteiger charge is -2.21. The van der Waals surface area contributed by atoms with Gasteiger partial charge in [-0.2, -0.15) is 0 Å². The van der Waals surface area contributed by atoms with E-state index in [1.807, 2.05) is 29.2 Å². The predicted molar refractivity (Wildman–Crippen MR) is 82.2 cm³/mol. The maximum absolute atomic E-state index is 11.7. The van der Waals surface area contributed by atoms with Crippen LogP contribution in [0.1, 0.15) is 24.8 Å². The molecule has 2 fully saturated rings. The molecule has 0 radical (unpaired) electrons. The highest BCUT2D eigenvalue weighted by Crippen LogP contribution is 2.21. The Morgan fingerprint density at radius 2 is 2.14 bits per heavy atom. The standard InChI is InChI=1S/C16H23N3O2/c20-15-2-1-9-19(15)14-5-3-13(4-6-14)10-18-12-16(21)7-8-17-11-16/h3-6,17-18,21H,1-2,7-12H2. The van der Waals surface area contributed by atoms with Crippen LogP contribution in [-0.4, -0.2) is 42.8 Å². The van der Waals surface area contributed by atoms with E-state index in [9.17, 15) is 9.90 Å². The molecule has 2 aliphatic heterocycles. The fourth-order valence-electron chi connectivity index (χ4n) is 3.04. The minimum atomic E-state index is -0.609. The van der Waals surface area contributed by atoms with Gasteiger partial charge in [-0.3, -0.25) is 4.79 Å². The third kappa shape index (κ3) is 3.43. The van der Waals surface area contributed by atoms with E-state index in [1.54, 1.807) is 0 Å². The van der Waals surface area contributed by atoms with Crippen molar-refractivity contribution >= 4 is 11.6 Å². The molecule has 114 valence electrons. The number of nitrogens with one attached hydrogen (secondary N) is 2. The van der Waals surface area contributed by atoms with Crippen molar-refractivity contribution in [2.75, 3.05) is 31.1 Å². The molecule has 5 nitrogen and oxygen atoms in total. The molecule has 2 saturated heterocycles. The number of aliphatic hydroxyl groups is 1. The van der Waals surface area contributed by atoms with Crippen molar-refractivity contribution < 1.29 is 9.90 Å². The molecule has 2 heterocycles. The number of nitrogens with zero attached hydrogens (tertiary/aromatic N) is 1. The summed E-state index contributed by atoms with van der Waals surface area (Å²) in [5.41, 5.74) is 1.54. The molecule has 2 aliphatic rings. The normalized spacial score (nSPS) is 25.8. The Labute approximate surface area is 125 Å².